The number of hydrogen-bond donors (Lipinski definition) is 1. The van der Waals surface area contributed by atoms with Crippen molar-refractivity contribution in [3.63, 3.8) is 0 Å². The number of halogens is 1. The van der Waals surface area contributed by atoms with Crippen LogP contribution in [0.1, 0.15) is 10.4 Å². The predicted molar refractivity (Wildman–Crippen MR) is 107 cm³/mol. The molecule has 0 saturated heterocycles. The fourth-order valence-electron chi connectivity index (χ4n) is 2.90. The summed E-state index contributed by atoms with van der Waals surface area (Å²) in [6.07, 6.45) is 3.46. The number of nitrogens with zero attached hydrogens (tertiary/aromatic N) is 2. The summed E-state index contributed by atoms with van der Waals surface area (Å²) in [4.78, 5) is 12.4. The molecule has 1 amide bonds. The summed E-state index contributed by atoms with van der Waals surface area (Å²) < 4.78 is 7.13. The first-order valence-corrected chi connectivity index (χ1v) is 8.71. The van der Waals surface area contributed by atoms with Gasteiger partial charge in [0.2, 0.25) is 0 Å². The molecule has 0 aliphatic carbocycles. The number of rotatable bonds is 4. The Hall–Kier alpha value is -3.31. The summed E-state index contributed by atoms with van der Waals surface area (Å²) in [6, 6.07) is 18.6. The van der Waals surface area contributed by atoms with E-state index in [1.807, 2.05) is 54.7 Å². The molecule has 0 atom stereocenters. The molecule has 0 aliphatic rings. The molecule has 2 heterocycles. The smallest absolute Gasteiger partial charge is 0.255 e. The number of pyridine rings is 1. The third kappa shape index (κ3) is 3.37. The van der Waals surface area contributed by atoms with Gasteiger partial charge in [0.05, 0.1) is 18.3 Å². The zero-order chi connectivity index (χ0) is 18.8. The highest BCUT2D eigenvalue weighted by Crippen LogP contribution is 2.32. The number of amides is 1. The van der Waals surface area contributed by atoms with Crippen molar-refractivity contribution in [1.82, 2.24) is 9.61 Å². The summed E-state index contributed by atoms with van der Waals surface area (Å²) in [6.45, 7) is 0. The number of anilines is 1. The number of carbonyl (C=O) groups is 1. The number of aromatic nitrogens is 2. The topological polar surface area (TPSA) is 55.6 Å². The number of para-hydroxylation sites is 1. The molecule has 0 unspecified atom stereocenters. The molecule has 2 aromatic carbocycles. The largest absolute Gasteiger partial charge is 0.494 e. The van der Waals surface area contributed by atoms with E-state index in [1.165, 1.54) is 0 Å². The van der Waals surface area contributed by atoms with Crippen molar-refractivity contribution in [3.05, 3.63) is 83.6 Å². The van der Waals surface area contributed by atoms with Gasteiger partial charge in [0.1, 0.15) is 11.3 Å². The molecule has 0 fully saturated rings. The van der Waals surface area contributed by atoms with Gasteiger partial charge in [0.15, 0.2) is 0 Å². The maximum Gasteiger partial charge on any atom is 0.255 e. The summed E-state index contributed by atoms with van der Waals surface area (Å²) in [5.41, 5.74) is 3.92. The first-order valence-electron chi connectivity index (χ1n) is 8.33. The lowest BCUT2D eigenvalue weighted by Crippen LogP contribution is -2.11. The maximum absolute atomic E-state index is 12.4. The molecule has 4 aromatic rings. The van der Waals surface area contributed by atoms with Crippen LogP contribution >= 0.6 is 11.6 Å². The van der Waals surface area contributed by atoms with E-state index in [0.717, 1.165) is 22.3 Å². The van der Waals surface area contributed by atoms with Crippen LogP contribution in [0.2, 0.25) is 5.02 Å². The van der Waals surface area contributed by atoms with Crippen molar-refractivity contribution in [2.24, 2.45) is 0 Å². The summed E-state index contributed by atoms with van der Waals surface area (Å²) in [5, 5.41) is 7.65. The minimum Gasteiger partial charge on any atom is -0.494 e. The molecule has 1 N–H and O–H groups in total. The van der Waals surface area contributed by atoms with Gasteiger partial charge in [-0.15, -0.1) is 0 Å². The molecule has 4 rings (SSSR count). The molecule has 0 saturated carbocycles. The van der Waals surface area contributed by atoms with Gasteiger partial charge in [-0.2, -0.15) is 5.10 Å². The van der Waals surface area contributed by atoms with E-state index in [2.05, 4.69) is 10.4 Å². The first kappa shape index (κ1) is 17.1. The van der Waals surface area contributed by atoms with Crippen LogP contribution in [-0.2, 0) is 0 Å². The molecular weight excluding hydrogens is 362 g/mol. The lowest BCUT2D eigenvalue weighted by atomic mass is 10.0. The average Bonchev–Trinajstić information content (AvgIpc) is 3.09. The Kier molecular flexibility index (Phi) is 4.52. The normalized spacial score (nSPS) is 10.7. The molecule has 6 heteroatoms. The van der Waals surface area contributed by atoms with Gasteiger partial charge < -0.3 is 10.1 Å². The van der Waals surface area contributed by atoms with Crippen LogP contribution in [0.4, 0.5) is 5.69 Å². The number of hydrogen-bond acceptors (Lipinski definition) is 3. The van der Waals surface area contributed by atoms with E-state index in [-0.39, 0.29) is 5.91 Å². The van der Waals surface area contributed by atoms with Gasteiger partial charge in [0.25, 0.3) is 5.91 Å². The molecule has 2 aromatic heterocycles. The van der Waals surface area contributed by atoms with E-state index < -0.39 is 0 Å². The second-order valence-electron chi connectivity index (χ2n) is 5.98. The van der Waals surface area contributed by atoms with E-state index in [9.17, 15) is 4.79 Å². The lowest BCUT2D eigenvalue weighted by Gasteiger charge is -2.09. The van der Waals surface area contributed by atoms with Crippen molar-refractivity contribution in [3.8, 4) is 16.9 Å². The van der Waals surface area contributed by atoms with E-state index in [1.54, 1.807) is 30.0 Å². The second kappa shape index (κ2) is 7.13. The Balaban J connectivity index is 1.62. The monoisotopic (exact) mass is 377 g/mol. The van der Waals surface area contributed by atoms with Crippen LogP contribution in [-0.4, -0.2) is 22.6 Å². The average molecular weight is 378 g/mol. The fourth-order valence-corrected chi connectivity index (χ4v) is 3.12. The third-order valence-corrected chi connectivity index (χ3v) is 4.54. The van der Waals surface area contributed by atoms with Crippen molar-refractivity contribution < 1.29 is 9.53 Å². The third-order valence-electron chi connectivity index (χ3n) is 4.26. The van der Waals surface area contributed by atoms with E-state index in [0.29, 0.717) is 16.3 Å². The van der Waals surface area contributed by atoms with Crippen molar-refractivity contribution in [2.75, 3.05) is 12.4 Å². The number of methoxy groups -OCH3 is 1. The van der Waals surface area contributed by atoms with Gasteiger partial charge in [-0.05, 0) is 35.9 Å². The number of benzene rings is 2. The quantitative estimate of drug-likeness (QED) is 0.549. The molecule has 0 aliphatic heterocycles. The van der Waals surface area contributed by atoms with Gasteiger partial charge in [0, 0.05) is 23.0 Å². The Labute approximate surface area is 161 Å². The van der Waals surface area contributed by atoms with Crippen LogP contribution < -0.4 is 10.1 Å². The van der Waals surface area contributed by atoms with Crippen LogP contribution in [0, 0.1) is 0 Å². The van der Waals surface area contributed by atoms with Crippen molar-refractivity contribution >= 4 is 28.7 Å². The second-order valence-corrected chi connectivity index (χ2v) is 6.39. The minimum atomic E-state index is -0.153. The number of ether oxygens (including phenoxy) is 1. The molecule has 0 spiro atoms. The molecule has 0 bridgehead atoms. The fraction of sp³-hybridized carbons (Fsp3) is 0.0476. The molecule has 27 heavy (non-hydrogen) atoms. The van der Waals surface area contributed by atoms with Crippen LogP contribution in [0.3, 0.4) is 0 Å². The minimum absolute atomic E-state index is 0.153. The zero-order valence-corrected chi connectivity index (χ0v) is 15.3. The highest BCUT2D eigenvalue weighted by molar-refractivity contribution is 6.34. The number of carbonyl (C=O) groups excluding carboxylic acids is 1. The summed E-state index contributed by atoms with van der Waals surface area (Å²) in [5.74, 6) is 0.487. The van der Waals surface area contributed by atoms with Gasteiger partial charge in [-0.1, -0.05) is 41.9 Å². The van der Waals surface area contributed by atoms with Crippen molar-refractivity contribution in [1.29, 1.82) is 0 Å². The Bertz CT molecular complexity index is 1110. The van der Waals surface area contributed by atoms with Crippen molar-refractivity contribution in [2.45, 2.75) is 0 Å². The first-order chi connectivity index (χ1) is 13.2. The number of fused-ring (bicyclic) bond motifs is 1. The van der Waals surface area contributed by atoms with Crippen LogP contribution in [0.5, 0.6) is 5.75 Å². The SMILES string of the molecule is COc1cc(-c2ccc(C(=O)Nc3ccccc3)cc2)cn2ncc(Cl)c12. The predicted octanol–water partition coefficient (Wildman–Crippen LogP) is 4.92. The van der Waals surface area contributed by atoms with E-state index >= 15 is 0 Å². The van der Waals surface area contributed by atoms with Gasteiger partial charge in [-0.3, -0.25) is 4.79 Å². The van der Waals surface area contributed by atoms with Crippen LogP contribution in [0.25, 0.3) is 16.6 Å². The molecular formula is C21H16ClN3O2. The Morgan fingerprint density at radius 2 is 1.81 bits per heavy atom. The summed E-state index contributed by atoms with van der Waals surface area (Å²) in [7, 11) is 1.60. The highest BCUT2D eigenvalue weighted by atomic mass is 35.5. The molecule has 5 nitrogen and oxygen atoms in total. The molecule has 134 valence electrons. The number of nitrogens with one attached hydrogen (secondary N) is 1. The highest BCUT2D eigenvalue weighted by Gasteiger charge is 2.12. The Morgan fingerprint density at radius 1 is 1.07 bits per heavy atom. The maximum atomic E-state index is 12.4. The Morgan fingerprint density at radius 3 is 2.52 bits per heavy atom. The van der Waals surface area contributed by atoms with Gasteiger partial charge in [-0.25, -0.2) is 4.52 Å². The van der Waals surface area contributed by atoms with Gasteiger partial charge >= 0.3 is 0 Å². The standard InChI is InChI=1S/C21H16ClN3O2/c1-27-19-11-16(13-25-20(19)18(22)12-23-25)14-7-9-15(10-8-14)21(26)24-17-5-3-2-4-6-17/h2-13H,1H3,(H,24,26). The summed E-state index contributed by atoms with van der Waals surface area (Å²) >= 11 is 6.17. The molecule has 0 radical (unpaired) electrons. The van der Waals surface area contributed by atoms with Crippen LogP contribution in [0.15, 0.2) is 73.1 Å². The lowest BCUT2D eigenvalue weighted by molar-refractivity contribution is 0.102. The van der Waals surface area contributed by atoms with E-state index in [4.69, 9.17) is 16.3 Å². The zero-order valence-electron chi connectivity index (χ0n) is 14.5.